The van der Waals surface area contributed by atoms with Crippen LogP contribution in [0.1, 0.15) is 64.4 Å². The van der Waals surface area contributed by atoms with E-state index in [1.54, 1.807) is 6.92 Å². The van der Waals surface area contributed by atoms with Gasteiger partial charge in [0.1, 0.15) is 24.7 Å². The van der Waals surface area contributed by atoms with Crippen LogP contribution >= 0.6 is 0 Å². The molecule has 4 atom stereocenters. The molecule has 230 valence electrons. The number of alkyl carbamates (subject to hydrolysis) is 1. The van der Waals surface area contributed by atoms with Crippen molar-refractivity contribution < 1.29 is 38.6 Å². The second-order valence-corrected chi connectivity index (χ2v) is 9.72. The Morgan fingerprint density at radius 3 is 2.17 bits per heavy atom. The average Bonchev–Trinajstić information content (AvgIpc) is 2.97. The molecule has 0 fully saturated rings. The molecule has 0 aliphatic rings. The minimum absolute atomic E-state index is 0.134. The Balaban J connectivity index is 2.75. The third-order valence-corrected chi connectivity index (χ3v) is 6.54. The van der Waals surface area contributed by atoms with Gasteiger partial charge in [0.05, 0.1) is 7.11 Å². The fraction of sp³-hybridized carbons (Fsp3) is 0.607. The molecule has 0 spiro atoms. The Hall–Kier alpha value is -3.87. The molecule has 0 radical (unpaired) electrons. The lowest BCUT2D eigenvalue weighted by molar-refractivity contribution is -0.146. The van der Waals surface area contributed by atoms with Crippen LogP contribution in [0.15, 0.2) is 30.3 Å². The van der Waals surface area contributed by atoms with Crippen LogP contribution in [-0.2, 0) is 30.5 Å². The first-order valence-corrected chi connectivity index (χ1v) is 14.0. The first-order valence-electron chi connectivity index (χ1n) is 14.0. The highest BCUT2D eigenvalue weighted by Gasteiger charge is 2.31. The number of hydrogen-bond donors (Lipinski definition) is 6. The molecule has 0 saturated heterocycles. The van der Waals surface area contributed by atoms with E-state index in [1.807, 2.05) is 37.3 Å². The van der Waals surface area contributed by atoms with Crippen molar-refractivity contribution in [1.82, 2.24) is 21.3 Å². The summed E-state index contributed by atoms with van der Waals surface area (Å²) < 4.78 is 10.00. The molecule has 4 amide bonds. The van der Waals surface area contributed by atoms with Gasteiger partial charge in [-0.2, -0.15) is 0 Å². The molecule has 13 heteroatoms. The normalized spacial score (nSPS) is 13.6. The van der Waals surface area contributed by atoms with Crippen molar-refractivity contribution in [1.29, 1.82) is 0 Å². The molecule has 0 aliphatic carbocycles. The molecule has 13 nitrogen and oxygen atoms in total. The Bertz CT molecular complexity index is 962. The van der Waals surface area contributed by atoms with Gasteiger partial charge in [0.2, 0.25) is 5.91 Å². The molecular formula is C28H45N5O8. The number of methoxy groups -OCH3 is 1. The van der Waals surface area contributed by atoms with Crippen molar-refractivity contribution in [3.63, 3.8) is 0 Å². The van der Waals surface area contributed by atoms with Crippen molar-refractivity contribution in [3.8, 4) is 0 Å². The van der Waals surface area contributed by atoms with Gasteiger partial charge in [0.15, 0.2) is 0 Å². The van der Waals surface area contributed by atoms with Crippen molar-refractivity contribution in [2.24, 2.45) is 11.7 Å². The van der Waals surface area contributed by atoms with Crippen molar-refractivity contribution in [2.75, 3.05) is 20.2 Å². The first kappa shape index (κ1) is 35.2. The standard InChI is InChI=1S/C28H45N5O8/c1-4-19(2)23(26(37)40-3)33-24(34)21(31-27(38)32-22(25(35)36)15-8-10-16-29)14-9-11-17-30-28(39)41-18-20-12-6-5-7-13-20/h5-7,12-13,19,21-23H,4,8-11,14-18,29H2,1-3H3,(H,30,39)(H,33,34)(H,35,36)(H2,31,32,38)/t19?,21?,22-,23?/m0/s1. The van der Waals surface area contributed by atoms with Crippen LogP contribution in [-0.4, -0.2) is 73.4 Å². The minimum Gasteiger partial charge on any atom is -0.480 e. The summed E-state index contributed by atoms with van der Waals surface area (Å²) in [7, 11) is 1.22. The summed E-state index contributed by atoms with van der Waals surface area (Å²) in [6.07, 6.45) is 2.36. The summed E-state index contributed by atoms with van der Waals surface area (Å²) in [5, 5.41) is 19.7. The number of urea groups is 1. The lowest BCUT2D eigenvalue weighted by atomic mass is 9.98. The van der Waals surface area contributed by atoms with Gasteiger partial charge < -0.3 is 41.6 Å². The van der Waals surface area contributed by atoms with E-state index in [4.69, 9.17) is 15.2 Å². The summed E-state index contributed by atoms with van der Waals surface area (Å²) in [6.45, 7) is 4.46. The number of amides is 4. The van der Waals surface area contributed by atoms with Crippen molar-refractivity contribution >= 4 is 30.0 Å². The maximum absolute atomic E-state index is 13.2. The number of nitrogens with one attached hydrogen (secondary N) is 4. The zero-order valence-electron chi connectivity index (χ0n) is 24.1. The van der Waals surface area contributed by atoms with Crippen molar-refractivity contribution in [3.05, 3.63) is 35.9 Å². The maximum Gasteiger partial charge on any atom is 0.407 e. The molecule has 41 heavy (non-hydrogen) atoms. The van der Waals surface area contributed by atoms with E-state index in [-0.39, 0.29) is 31.9 Å². The molecule has 0 aliphatic heterocycles. The number of aliphatic carboxylic acids is 1. The lowest BCUT2D eigenvalue weighted by Crippen LogP contribution is -2.56. The number of carbonyl (C=O) groups is 5. The van der Waals surface area contributed by atoms with E-state index >= 15 is 0 Å². The molecule has 0 aromatic heterocycles. The SMILES string of the molecule is CCC(C)C(NC(=O)C(CCCCNC(=O)OCc1ccccc1)NC(=O)N[C@@H](CCCCN)C(=O)O)C(=O)OC. The van der Waals surface area contributed by atoms with E-state index in [1.165, 1.54) is 7.11 Å². The number of carboxylic acids is 1. The fourth-order valence-electron chi connectivity index (χ4n) is 3.87. The van der Waals surface area contributed by atoms with E-state index in [9.17, 15) is 29.1 Å². The fourth-order valence-corrected chi connectivity index (χ4v) is 3.87. The largest absolute Gasteiger partial charge is 0.480 e. The topological polar surface area (TPSA) is 198 Å². The number of benzene rings is 1. The predicted molar refractivity (Wildman–Crippen MR) is 152 cm³/mol. The van der Waals surface area contributed by atoms with Gasteiger partial charge >= 0.3 is 24.1 Å². The van der Waals surface area contributed by atoms with Crippen LogP contribution in [0.3, 0.4) is 0 Å². The van der Waals surface area contributed by atoms with Gasteiger partial charge in [-0.05, 0) is 56.6 Å². The van der Waals surface area contributed by atoms with E-state index in [0.717, 1.165) is 5.56 Å². The zero-order valence-corrected chi connectivity index (χ0v) is 24.1. The van der Waals surface area contributed by atoms with Gasteiger partial charge in [0, 0.05) is 6.54 Å². The Morgan fingerprint density at radius 1 is 0.927 bits per heavy atom. The summed E-state index contributed by atoms with van der Waals surface area (Å²) in [4.78, 5) is 61.7. The van der Waals surface area contributed by atoms with Crippen LogP contribution in [0.4, 0.5) is 9.59 Å². The third-order valence-electron chi connectivity index (χ3n) is 6.54. The summed E-state index contributed by atoms with van der Waals surface area (Å²) in [6, 6.07) is 5.26. The third kappa shape index (κ3) is 14.4. The van der Waals surface area contributed by atoms with Gasteiger partial charge in [-0.25, -0.2) is 19.2 Å². The van der Waals surface area contributed by atoms with Crippen LogP contribution in [0.2, 0.25) is 0 Å². The van der Waals surface area contributed by atoms with Crippen LogP contribution in [0.5, 0.6) is 0 Å². The van der Waals surface area contributed by atoms with E-state index < -0.39 is 48.1 Å². The molecule has 1 aromatic rings. The Labute approximate surface area is 241 Å². The highest BCUT2D eigenvalue weighted by Crippen LogP contribution is 2.11. The second-order valence-electron chi connectivity index (χ2n) is 9.72. The predicted octanol–water partition coefficient (Wildman–Crippen LogP) is 2.04. The number of unbranched alkanes of at least 4 members (excludes halogenated alkanes) is 2. The lowest BCUT2D eigenvalue weighted by Gasteiger charge is -2.26. The molecular weight excluding hydrogens is 534 g/mol. The highest BCUT2D eigenvalue weighted by molar-refractivity contribution is 5.91. The zero-order chi connectivity index (χ0) is 30.6. The number of carbonyl (C=O) groups excluding carboxylic acids is 4. The summed E-state index contributed by atoms with van der Waals surface area (Å²) in [5.41, 5.74) is 6.32. The van der Waals surface area contributed by atoms with Gasteiger partial charge in [-0.15, -0.1) is 0 Å². The molecule has 3 unspecified atom stereocenters. The Morgan fingerprint density at radius 2 is 1.56 bits per heavy atom. The smallest absolute Gasteiger partial charge is 0.407 e. The average molecular weight is 580 g/mol. The number of esters is 1. The highest BCUT2D eigenvalue weighted by atomic mass is 16.5. The monoisotopic (exact) mass is 579 g/mol. The number of rotatable bonds is 19. The number of nitrogens with two attached hydrogens (primary N) is 1. The van der Waals surface area contributed by atoms with E-state index in [0.29, 0.717) is 38.6 Å². The quantitative estimate of drug-likeness (QED) is 0.105. The molecule has 0 heterocycles. The van der Waals surface area contributed by atoms with E-state index in [2.05, 4.69) is 21.3 Å². The molecule has 1 aromatic carbocycles. The van der Waals surface area contributed by atoms with Crippen molar-refractivity contribution in [2.45, 2.75) is 83.5 Å². The summed E-state index contributed by atoms with van der Waals surface area (Å²) in [5.74, 6) is -2.65. The number of ether oxygens (including phenoxy) is 2. The molecule has 1 rings (SSSR count). The maximum atomic E-state index is 13.2. The van der Waals surface area contributed by atoms with Gasteiger partial charge in [-0.1, -0.05) is 50.6 Å². The van der Waals surface area contributed by atoms with Crippen LogP contribution < -0.4 is 27.0 Å². The van der Waals surface area contributed by atoms with Gasteiger partial charge in [-0.3, -0.25) is 4.79 Å². The second kappa shape index (κ2) is 20.1. The van der Waals surface area contributed by atoms with Gasteiger partial charge in [0.25, 0.3) is 0 Å². The van der Waals surface area contributed by atoms with Crippen LogP contribution in [0, 0.1) is 5.92 Å². The van der Waals surface area contributed by atoms with Crippen LogP contribution in [0.25, 0.3) is 0 Å². The molecule has 7 N–H and O–H groups in total. The Kier molecular flexibility index (Phi) is 17.2. The number of carboxylic acid groups (broad SMARTS) is 1. The first-order chi connectivity index (χ1) is 19.6. The molecule has 0 saturated carbocycles. The number of hydrogen-bond acceptors (Lipinski definition) is 8. The molecule has 0 bridgehead atoms. The minimum atomic E-state index is -1.20. The summed E-state index contributed by atoms with van der Waals surface area (Å²) >= 11 is 0.